The summed E-state index contributed by atoms with van der Waals surface area (Å²) in [6, 6.07) is 13.1. The van der Waals surface area contributed by atoms with Crippen LogP contribution in [0, 0.1) is 0 Å². The Hall–Kier alpha value is -1.51. The van der Waals surface area contributed by atoms with Crippen LogP contribution in [0.3, 0.4) is 0 Å². The predicted molar refractivity (Wildman–Crippen MR) is 77.9 cm³/mol. The smallest absolute Gasteiger partial charge is 0.303 e. The fourth-order valence-electron chi connectivity index (χ4n) is 1.87. The van der Waals surface area contributed by atoms with Crippen molar-refractivity contribution in [1.82, 2.24) is 0 Å². The third-order valence-corrected chi connectivity index (χ3v) is 3.34. The molecule has 2 aromatic rings. The molecule has 19 heavy (non-hydrogen) atoms. The molecule has 0 atom stereocenters. The van der Waals surface area contributed by atoms with E-state index in [2.05, 4.69) is 0 Å². The first-order valence-electron chi connectivity index (χ1n) is 5.82. The van der Waals surface area contributed by atoms with E-state index in [4.69, 9.17) is 28.3 Å². The molecule has 0 unspecified atom stereocenters. The Morgan fingerprint density at radius 1 is 1.11 bits per heavy atom. The van der Waals surface area contributed by atoms with Gasteiger partial charge >= 0.3 is 5.97 Å². The number of aliphatic carboxylic acids is 1. The van der Waals surface area contributed by atoms with Gasteiger partial charge in [0.25, 0.3) is 0 Å². The summed E-state index contributed by atoms with van der Waals surface area (Å²) in [5.41, 5.74) is 2.83. The summed E-state index contributed by atoms with van der Waals surface area (Å²) in [5.74, 6) is -0.796. The number of halogens is 2. The lowest BCUT2D eigenvalue weighted by Crippen LogP contribution is -1.97. The minimum Gasteiger partial charge on any atom is -0.481 e. The van der Waals surface area contributed by atoms with Gasteiger partial charge in [-0.1, -0.05) is 53.5 Å². The standard InChI is InChI=1S/C15H12Cl2O2/c16-12-5-6-13(14(17)9-12)11-3-1-2-10(8-11)4-7-15(18)19/h1-3,5-6,8-9H,4,7H2,(H,18,19). The van der Waals surface area contributed by atoms with E-state index in [9.17, 15) is 4.79 Å². The van der Waals surface area contributed by atoms with Crippen molar-refractivity contribution in [3.63, 3.8) is 0 Å². The highest BCUT2D eigenvalue weighted by Crippen LogP contribution is 2.30. The van der Waals surface area contributed by atoms with Gasteiger partial charge in [-0.05, 0) is 29.7 Å². The van der Waals surface area contributed by atoms with Crippen LogP contribution in [0.1, 0.15) is 12.0 Å². The van der Waals surface area contributed by atoms with Gasteiger partial charge in [0.15, 0.2) is 0 Å². The van der Waals surface area contributed by atoms with E-state index in [1.165, 1.54) is 0 Å². The molecular weight excluding hydrogens is 283 g/mol. The van der Waals surface area contributed by atoms with Crippen LogP contribution >= 0.6 is 23.2 Å². The topological polar surface area (TPSA) is 37.3 Å². The first-order valence-corrected chi connectivity index (χ1v) is 6.58. The molecule has 0 bridgehead atoms. The molecule has 98 valence electrons. The quantitative estimate of drug-likeness (QED) is 0.889. The summed E-state index contributed by atoms with van der Waals surface area (Å²) in [6.07, 6.45) is 0.631. The zero-order valence-corrected chi connectivity index (χ0v) is 11.6. The number of carbonyl (C=O) groups is 1. The second kappa shape index (κ2) is 6.09. The van der Waals surface area contributed by atoms with Crippen molar-refractivity contribution in [3.05, 3.63) is 58.1 Å². The van der Waals surface area contributed by atoms with Crippen molar-refractivity contribution in [2.45, 2.75) is 12.8 Å². The number of benzene rings is 2. The lowest BCUT2D eigenvalue weighted by atomic mass is 10.0. The Labute approximate surface area is 121 Å². The molecule has 0 spiro atoms. The van der Waals surface area contributed by atoms with E-state index >= 15 is 0 Å². The van der Waals surface area contributed by atoms with Crippen LogP contribution in [-0.4, -0.2) is 11.1 Å². The first-order chi connectivity index (χ1) is 9.06. The van der Waals surface area contributed by atoms with Crippen LogP contribution in [0.2, 0.25) is 10.0 Å². The van der Waals surface area contributed by atoms with E-state index in [-0.39, 0.29) is 6.42 Å². The highest BCUT2D eigenvalue weighted by molar-refractivity contribution is 6.36. The van der Waals surface area contributed by atoms with Crippen LogP contribution in [-0.2, 0) is 11.2 Å². The number of carboxylic acid groups (broad SMARTS) is 1. The molecule has 1 N–H and O–H groups in total. The normalized spacial score (nSPS) is 10.4. The van der Waals surface area contributed by atoms with Gasteiger partial charge in [-0.3, -0.25) is 4.79 Å². The van der Waals surface area contributed by atoms with Gasteiger partial charge < -0.3 is 5.11 Å². The second-order valence-electron chi connectivity index (χ2n) is 4.22. The number of rotatable bonds is 4. The maximum atomic E-state index is 10.6. The van der Waals surface area contributed by atoms with E-state index in [1.54, 1.807) is 12.1 Å². The molecule has 2 nitrogen and oxygen atoms in total. The highest BCUT2D eigenvalue weighted by Gasteiger charge is 2.06. The average Bonchev–Trinajstić information content (AvgIpc) is 2.36. The molecule has 4 heteroatoms. The number of aryl methyl sites for hydroxylation is 1. The lowest BCUT2D eigenvalue weighted by molar-refractivity contribution is -0.136. The predicted octanol–water partition coefficient (Wildman–Crippen LogP) is 4.68. The molecule has 0 heterocycles. The van der Waals surface area contributed by atoms with Gasteiger partial charge in [-0.25, -0.2) is 0 Å². The summed E-state index contributed by atoms with van der Waals surface area (Å²) in [7, 11) is 0. The van der Waals surface area contributed by atoms with Crippen molar-refractivity contribution in [2.75, 3.05) is 0 Å². The molecule has 0 radical (unpaired) electrons. The van der Waals surface area contributed by atoms with Gasteiger partial charge in [0.05, 0.1) is 0 Å². The molecule has 2 aromatic carbocycles. The molecule has 0 aliphatic carbocycles. The van der Waals surface area contributed by atoms with Crippen molar-refractivity contribution in [1.29, 1.82) is 0 Å². The molecule has 0 fully saturated rings. The van der Waals surface area contributed by atoms with Gasteiger partial charge in [0.2, 0.25) is 0 Å². The zero-order chi connectivity index (χ0) is 13.8. The monoisotopic (exact) mass is 294 g/mol. The summed E-state index contributed by atoms with van der Waals surface area (Å²) < 4.78 is 0. The Morgan fingerprint density at radius 3 is 2.58 bits per heavy atom. The maximum absolute atomic E-state index is 10.6. The fourth-order valence-corrected chi connectivity index (χ4v) is 2.39. The maximum Gasteiger partial charge on any atom is 0.303 e. The van der Waals surface area contributed by atoms with E-state index < -0.39 is 5.97 Å². The number of carboxylic acids is 1. The largest absolute Gasteiger partial charge is 0.481 e. The van der Waals surface area contributed by atoms with Crippen molar-refractivity contribution < 1.29 is 9.90 Å². The van der Waals surface area contributed by atoms with Crippen molar-refractivity contribution >= 4 is 29.2 Å². The molecule has 0 amide bonds. The molecule has 0 aliphatic heterocycles. The number of hydrogen-bond donors (Lipinski definition) is 1. The Bertz CT molecular complexity index is 609. The third-order valence-electron chi connectivity index (χ3n) is 2.80. The third kappa shape index (κ3) is 3.72. The van der Waals surface area contributed by atoms with E-state index in [0.29, 0.717) is 16.5 Å². The van der Waals surface area contributed by atoms with Gasteiger partial charge in [0.1, 0.15) is 0 Å². The molecule has 0 saturated heterocycles. The molecular formula is C15H12Cl2O2. The van der Waals surface area contributed by atoms with Crippen molar-refractivity contribution in [2.24, 2.45) is 0 Å². The Balaban J connectivity index is 2.29. The van der Waals surface area contributed by atoms with Crippen LogP contribution in [0.25, 0.3) is 11.1 Å². The zero-order valence-electron chi connectivity index (χ0n) is 10.1. The van der Waals surface area contributed by atoms with Crippen LogP contribution < -0.4 is 0 Å². The number of hydrogen-bond acceptors (Lipinski definition) is 1. The highest BCUT2D eigenvalue weighted by atomic mass is 35.5. The average molecular weight is 295 g/mol. The van der Waals surface area contributed by atoms with E-state index in [0.717, 1.165) is 16.7 Å². The minimum atomic E-state index is -0.796. The molecule has 2 rings (SSSR count). The summed E-state index contributed by atoms with van der Waals surface area (Å²) >= 11 is 12.0. The first kappa shape index (κ1) is 13.9. The fraction of sp³-hybridized carbons (Fsp3) is 0.133. The lowest BCUT2D eigenvalue weighted by Gasteiger charge is -2.07. The van der Waals surface area contributed by atoms with Crippen molar-refractivity contribution in [3.8, 4) is 11.1 Å². The van der Waals surface area contributed by atoms with Crippen LogP contribution in [0.4, 0.5) is 0 Å². The van der Waals surface area contributed by atoms with Gasteiger partial charge in [0, 0.05) is 22.0 Å². The Kier molecular flexibility index (Phi) is 4.46. The summed E-state index contributed by atoms with van der Waals surface area (Å²) in [4.78, 5) is 10.6. The van der Waals surface area contributed by atoms with Gasteiger partial charge in [-0.2, -0.15) is 0 Å². The minimum absolute atomic E-state index is 0.123. The second-order valence-corrected chi connectivity index (χ2v) is 5.06. The van der Waals surface area contributed by atoms with Crippen LogP contribution in [0.15, 0.2) is 42.5 Å². The Morgan fingerprint density at radius 2 is 1.89 bits per heavy atom. The van der Waals surface area contributed by atoms with Gasteiger partial charge in [-0.15, -0.1) is 0 Å². The van der Waals surface area contributed by atoms with Crippen LogP contribution in [0.5, 0.6) is 0 Å². The molecule has 0 saturated carbocycles. The molecule has 0 aliphatic rings. The summed E-state index contributed by atoms with van der Waals surface area (Å²) in [5, 5.41) is 9.88. The van der Waals surface area contributed by atoms with E-state index in [1.807, 2.05) is 30.3 Å². The summed E-state index contributed by atoms with van der Waals surface area (Å²) in [6.45, 7) is 0. The SMILES string of the molecule is O=C(O)CCc1cccc(-c2ccc(Cl)cc2Cl)c1. The molecule has 0 aromatic heterocycles.